The molecule has 1 aromatic rings. The first kappa shape index (κ1) is 15.4. The van der Waals surface area contributed by atoms with Crippen LogP contribution in [0.5, 0.6) is 0 Å². The molecule has 1 aromatic carbocycles. The summed E-state index contributed by atoms with van der Waals surface area (Å²) in [6.45, 7) is 4.03. The van der Waals surface area contributed by atoms with Crippen molar-refractivity contribution in [3.8, 4) is 0 Å². The number of thioether (sulfide) groups is 1. The summed E-state index contributed by atoms with van der Waals surface area (Å²) in [6.07, 6.45) is 0. The number of nitrogen functional groups attached to an aromatic ring is 1. The number of aryl methyl sites for hydroxylation is 1. The fraction of sp³-hybridized carbons (Fsp3) is 0.385. The number of anilines is 2. The largest absolute Gasteiger partial charge is 0.465 e. The summed E-state index contributed by atoms with van der Waals surface area (Å²) in [5.41, 5.74) is 7.95. The molecule has 19 heavy (non-hydrogen) atoms. The molecule has 0 aromatic heterocycles. The topological polar surface area (TPSA) is 81.4 Å². The maximum atomic E-state index is 11.6. The summed E-state index contributed by atoms with van der Waals surface area (Å²) in [5, 5.41) is 2.71. The van der Waals surface area contributed by atoms with E-state index in [1.165, 1.54) is 11.8 Å². The predicted molar refractivity (Wildman–Crippen MR) is 78.2 cm³/mol. The summed E-state index contributed by atoms with van der Waals surface area (Å²) < 4.78 is 4.76. The van der Waals surface area contributed by atoms with Gasteiger partial charge in [0.15, 0.2) is 0 Å². The van der Waals surface area contributed by atoms with Crippen LogP contribution in [0.4, 0.5) is 11.4 Å². The lowest BCUT2D eigenvalue weighted by Crippen LogP contribution is -2.17. The number of nitrogens with two attached hydrogens (primary N) is 1. The molecule has 5 nitrogen and oxygen atoms in total. The Morgan fingerprint density at radius 2 is 2.11 bits per heavy atom. The Hall–Kier alpha value is -1.69. The van der Waals surface area contributed by atoms with Gasteiger partial charge in [0.05, 0.1) is 29.5 Å². The lowest BCUT2D eigenvalue weighted by Gasteiger charge is -2.08. The Labute approximate surface area is 116 Å². The zero-order valence-corrected chi connectivity index (χ0v) is 11.9. The number of hydrogen-bond acceptors (Lipinski definition) is 5. The van der Waals surface area contributed by atoms with Crippen molar-refractivity contribution in [1.82, 2.24) is 0 Å². The number of esters is 1. The third-order valence-electron chi connectivity index (χ3n) is 2.24. The van der Waals surface area contributed by atoms with Gasteiger partial charge >= 0.3 is 5.97 Å². The smallest absolute Gasteiger partial charge is 0.315 e. The van der Waals surface area contributed by atoms with Gasteiger partial charge in [-0.2, -0.15) is 0 Å². The van der Waals surface area contributed by atoms with Crippen molar-refractivity contribution in [2.75, 3.05) is 29.2 Å². The van der Waals surface area contributed by atoms with Gasteiger partial charge in [0.1, 0.15) is 0 Å². The van der Waals surface area contributed by atoms with Crippen LogP contribution in [0, 0.1) is 6.92 Å². The minimum absolute atomic E-state index is 0.171. The Morgan fingerprint density at radius 3 is 2.74 bits per heavy atom. The van der Waals surface area contributed by atoms with Crippen LogP contribution >= 0.6 is 11.8 Å². The van der Waals surface area contributed by atoms with Crippen molar-refractivity contribution < 1.29 is 14.3 Å². The fourth-order valence-electron chi connectivity index (χ4n) is 1.41. The number of carbonyl (C=O) groups is 2. The molecule has 0 radical (unpaired) electrons. The van der Waals surface area contributed by atoms with Gasteiger partial charge in [-0.15, -0.1) is 11.8 Å². The summed E-state index contributed by atoms with van der Waals surface area (Å²) in [5.74, 6) is -0.142. The number of ether oxygens (including phenoxy) is 1. The second-order valence-electron chi connectivity index (χ2n) is 3.94. The fourth-order valence-corrected chi connectivity index (χ4v) is 2.02. The molecule has 0 unspecified atom stereocenters. The molecule has 0 spiro atoms. The molecule has 104 valence electrons. The van der Waals surface area contributed by atoms with E-state index >= 15 is 0 Å². The van der Waals surface area contributed by atoms with E-state index in [0.717, 1.165) is 5.56 Å². The number of benzene rings is 1. The zero-order chi connectivity index (χ0) is 14.3. The first-order chi connectivity index (χ1) is 9.02. The molecule has 0 saturated carbocycles. The van der Waals surface area contributed by atoms with Crippen LogP contribution in [0.25, 0.3) is 0 Å². The molecule has 6 heteroatoms. The van der Waals surface area contributed by atoms with Crippen molar-refractivity contribution in [2.45, 2.75) is 13.8 Å². The molecule has 1 amide bonds. The highest BCUT2D eigenvalue weighted by Crippen LogP contribution is 2.19. The highest BCUT2D eigenvalue weighted by Gasteiger charge is 2.08. The highest BCUT2D eigenvalue weighted by molar-refractivity contribution is 8.00. The van der Waals surface area contributed by atoms with Crippen molar-refractivity contribution >= 4 is 35.0 Å². The summed E-state index contributed by atoms with van der Waals surface area (Å²) in [7, 11) is 0. The molecular formula is C13H18N2O3S. The minimum atomic E-state index is -0.310. The zero-order valence-electron chi connectivity index (χ0n) is 11.1. The molecule has 0 atom stereocenters. The van der Waals surface area contributed by atoms with Gasteiger partial charge in [-0.1, -0.05) is 6.07 Å². The molecule has 0 aliphatic heterocycles. The third-order valence-corrected chi connectivity index (χ3v) is 3.15. The lowest BCUT2D eigenvalue weighted by atomic mass is 10.2. The van der Waals surface area contributed by atoms with Crippen LogP contribution < -0.4 is 11.1 Å². The first-order valence-electron chi connectivity index (χ1n) is 5.92. The maximum Gasteiger partial charge on any atom is 0.315 e. The number of amides is 1. The van der Waals surface area contributed by atoms with Crippen molar-refractivity contribution in [3.05, 3.63) is 23.8 Å². The Kier molecular flexibility index (Phi) is 6.21. The average Bonchev–Trinajstić information content (AvgIpc) is 2.33. The van der Waals surface area contributed by atoms with Crippen molar-refractivity contribution in [1.29, 1.82) is 0 Å². The van der Waals surface area contributed by atoms with Gasteiger partial charge in [0.2, 0.25) is 5.91 Å². The van der Waals surface area contributed by atoms with Crippen LogP contribution in [0.2, 0.25) is 0 Å². The monoisotopic (exact) mass is 282 g/mol. The van der Waals surface area contributed by atoms with Gasteiger partial charge in [-0.05, 0) is 31.5 Å². The Morgan fingerprint density at radius 1 is 1.37 bits per heavy atom. The molecule has 0 bridgehead atoms. The van der Waals surface area contributed by atoms with E-state index in [9.17, 15) is 9.59 Å². The molecule has 1 rings (SSSR count). The Balaban J connectivity index is 2.37. The van der Waals surface area contributed by atoms with Crippen LogP contribution in [0.3, 0.4) is 0 Å². The second kappa shape index (κ2) is 7.68. The van der Waals surface area contributed by atoms with E-state index in [-0.39, 0.29) is 23.4 Å². The van der Waals surface area contributed by atoms with Crippen LogP contribution in [0.1, 0.15) is 12.5 Å². The quantitative estimate of drug-likeness (QED) is 0.614. The van der Waals surface area contributed by atoms with Gasteiger partial charge in [-0.3, -0.25) is 9.59 Å². The summed E-state index contributed by atoms with van der Waals surface area (Å²) in [6, 6.07) is 5.43. The van der Waals surface area contributed by atoms with E-state index in [0.29, 0.717) is 18.0 Å². The summed E-state index contributed by atoms with van der Waals surface area (Å²) in [4.78, 5) is 22.7. The van der Waals surface area contributed by atoms with Crippen LogP contribution in [0.15, 0.2) is 18.2 Å². The molecule has 0 aliphatic rings. The van der Waals surface area contributed by atoms with Crippen LogP contribution in [-0.2, 0) is 14.3 Å². The number of hydrogen-bond donors (Lipinski definition) is 2. The van der Waals surface area contributed by atoms with Gasteiger partial charge < -0.3 is 15.8 Å². The van der Waals surface area contributed by atoms with Gasteiger partial charge in [0.25, 0.3) is 0 Å². The van der Waals surface area contributed by atoms with Crippen molar-refractivity contribution in [2.24, 2.45) is 0 Å². The standard InChI is InChI=1S/C13H18N2O3S/c1-3-18-13(17)8-19-7-12(16)15-11-5-4-9(2)6-10(11)14/h4-6H,3,7-8,14H2,1-2H3,(H,15,16). The lowest BCUT2D eigenvalue weighted by molar-refractivity contribution is -0.139. The molecule has 0 aliphatic carbocycles. The Bertz CT molecular complexity index is 463. The number of nitrogens with one attached hydrogen (secondary N) is 1. The highest BCUT2D eigenvalue weighted by atomic mass is 32.2. The van der Waals surface area contributed by atoms with Crippen LogP contribution in [-0.4, -0.2) is 30.0 Å². The van der Waals surface area contributed by atoms with E-state index in [1.54, 1.807) is 19.1 Å². The van der Waals surface area contributed by atoms with E-state index in [4.69, 9.17) is 10.5 Å². The molecule has 0 heterocycles. The molecule has 0 saturated heterocycles. The van der Waals surface area contributed by atoms with Gasteiger partial charge in [0, 0.05) is 0 Å². The van der Waals surface area contributed by atoms with Crippen molar-refractivity contribution in [3.63, 3.8) is 0 Å². The van der Waals surface area contributed by atoms with E-state index in [1.807, 2.05) is 13.0 Å². The average molecular weight is 282 g/mol. The van der Waals surface area contributed by atoms with E-state index < -0.39 is 0 Å². The second-order valence-corrected chi connectivity index (χ2v) is 4.92. The number of rotatable bonds is 6. The first-order valence-corrected chi connectivity index (χ1v) is 7.07. The molecule has 0 fully saturated rings. The third kappa shape index (κ3) is 5.65. The maximum absolute atomic E-state index is 11.6. The minimum Gasteiger partial charge on any atom is -0.465 e. The SMILES string of the molecule is CCOC(=O)CSCC(=O)Nc1ccc(C)cc1N. The normalized spacial score (nSPS) is 10.0. The summed E-state index contributed by atoms with van der Waals surface area (Å²) >= 11 is 1.21. The van der Waals surface area contributed by atoms with E-state index in [2.05, 4.69) is 5.32 Å². The number of carbonyl (C=O) groups excluding carboxylic acids is 2. The molecular weight excluding hydrogens is 264 g/mol. The molecule has 3 N–H and O–H groups in total. The predicted octanol–water partition coefficient (Wildman–Crippen LogP) is 1.81. The van der Waals surface area contributed by atoms with Gasteiger partial charge in [-0.25, -0.2) is 0 Å².